The number of hydrogen-bond donors (Lipinski definition) is 0. The number of benzene rings is 2. The van der Waals surface area contributed by atoms with Crippen molar-refractivity contribution in [2.24, 2.45) is 17.8 Å². The quantitative estimate of drug-likeness (QED) is 0.330. The van der Waals surface area contributed by atoms with Crippen molar-refractivity contribution in [1.82, 2.24) is 0 Å². The van der Waals surface area contributed by atoms with Crippen molar-refractivity contribution < 1.29 is 35.8 Å². The molecule has 34 heavy (non-hydrogen) atoms. The van der Waals surface area contributed by atoms with Crippen LogP contribution in [0.4, 0.5) is 26.3 Å². The Kier molecular flexibility index (Phi) is 8.77. The van der Waals surface area contributed by atoms with Gasteiger partial charge in [-0.1, -0.05) is 32.6 Å². The molecule has 1 aliphatic carbocycles. The first kappa shape index (κ1) is 26.2. The Balaban J connectivity index is 1.63. The minimum absolute atomic E-state index is 0.0350. The van der Waals surface area contributed by atoms with Gasteiger partial charge < -0.3 is 9.47 Å². The molecule has 1 saturated carbocycles. The predicted molar refractivity (Wildman–Crippen MR) is 118 cm³/mol. The number of alkyl halides is 6. The summed E-state index contributed by atoms with van der Waals surface area (Å²) in [6.07, 6.45) is -2.26. The largest absolute Gasteiger partial charge is 0.493 e. The Morgan fingerprint density at radius 1 is 0.706 bits per heavy atom. The van der Waals surface area contributed by atoms with E-state index in [1.165, 1.54) is 30.7 Å². The average molecular weight is 489 g/mol. The lowest BCUT2D eigenvalue weighted by Gasteiger charge is -2.33. The molecule has 0 heterocycles. The van der Waals surface area contributed by atoms with E-state index in [9.17, 15) is 26.3 Å². The number of rotatable bonds is 9. The first-order valence-electron chi connectivity index (χ1n) is 11.7. The van der Waals surface area contributed by atoms with E-state index in [0.717, 1.165) is 56.4 Å². The van der Waals surface area contributed by atoms with Gasteiger partial charge in [0.25, 0.3) is 0 Å². The second-order valence-corrected chi connectivity index (χ2v) is 9.00. The minimum Gasteiger partial charge on any atom is -0.493 e. The van der Waals surface area contributed by atoms with E-state index in [1.54, 1.807) is 0 Å². The molecular weight excluding hydrogens is 458 g/mol. The monoisotopic (exact) mass is 488 g/mol. The maximum absolute atomic E-state index is 12.8. The molecule has 0 aromatic heterocycles. The van der Waals surface area contributed by atoms with Crippen molar-refractivity contribution >= 4 is 0 Å². The van der Waals surface area contributed by atoms with Gasteiger partial charge in [0.2, 0.25) is 0 Å². The zero-order valence-corrected chi connectivity index (χ0v) is 19.1. The van der Waals surface area contributed by atoms with Crippen LogP contribution in [-0.4, -0.2) is 13.2 Å². The zero-order valence-electron chi connectivity index (χ0n) is 19.1. The van der Waals surface area contributed by atoms with E-state index in [4.69, 9.17) is 9.47 Å². The van der Waals surface area contributed by atoms with E-state index in [0.29, 0.717) is 23.3 Å². The maximum atomic E-state index is 12.8. The standard InChI is InChI=1S/C26H30F6O2/c1-2-3-18-4-6-19(7-5-18)20(16-33-23-12-8-21(9-13-23)25(27,28)29)17-34-24-14-10-22(11-15-24)26(30,31)32/h8-15,18-20H,2-7,16-17H2,1H3. The average Bonchev–Trinajstić information content (AvgIpc) is 2.79. The summed E-state index contributed by atoms with van der Waals surface area (Å²) in [5.41, 5.74) is -1.48. The molecule has 0 spiro atoms. The van der Waals surface area contributed by atoms with Crippen molar-refractivity contribution in [3.8, 4) is 11.5 Å². The molecule has 0 aliphatic heterocycles. The first-order chi connectivity index (χ1) is 16.1. The fourth-order valence-electron chi connectivity index (χ4n) is 4.56. The Morgan fingerprint density at radius 2 is 1.12 bits per heavy atom. The lowest BCUT2D eigenvalue weighted by atomic mass is 9.75. The molecule has 1 aliphatic rings. The third-order valence-corrected chi connectivity index (χ3v) is 6.55. The smallest absolute Gasteiger partial charge is 0.416 e. The van der Waals surface area contributed by atoms with Gasteiger partial charge in [-0.3, -0.25) is 0 Å². The lowest BCUT2D eigenvalue weighted by molar-refractivity contribution is -0.138. The molecule has 2 aromatic carbocycles. The van der Waals surface area contributed by atoms with Crippen LogP contribution in [-0.2, 0) is 12.4 Å². The summed E-state index contributed by atoms with van der Waals surface area (Å²) >= 11 is 0. The zero-order chi connectivity index (χ0) is 24.8. The van der Waals surface area contributed by atoms with Crippen LogP contribution in [0.2, 0.25) is 0 Å². The van der Waals surface area contributed by atoms with Crippen LogP contribution in [0, 0.1) is 17.8 Å². The Labute approximate surface area is 196 Å². The van der Waals surface area contributed by atoms with Crippen molar-refractivity contribution in [2.45, 2.75) is 57.8 Å². The van der Waals surface area contributed by atoms with Gasteiger partial charge in [-0.25, -0.2) is 0 Å². The Bertz CT molecular complexity index is 805. The van der Waals surface area contributed by atoms with Crippen molar-refractivity contribution in [3.63, 3.8) is 0 Å². The molecule has 0 atom stereocenters. The second kappa shape index (κ2) is 11.4. The summed E-state index contributed by atoms with van der Waals surface area (Å²) in [6.45, 7) is 2.69. The molecule has 8 heteroatoms. The molecular formula is C26H30F6O2. The van der Waals surface area contributed by atoms with Gasteiger partial charge in [-0.15, -0.1) is 0 Å². The van der Waals surface area contributed by atoms with E-state index >= 15 is 0 Å². The van der Waals surface area contributed by atoms with E-state index in [1.807, 2.05) is 0 Å². The molecule has 1 fully saturated rings. The molecule has 0 N–H and O–H groups in total. The van der Waals surface area contributed by atoms with Gasteiger partial charge in [0, 0.05) is 5.92 Å². The van der Waals surface area contributed by atoms with Gasteiger partial charge in [0.1, 0.15) is 11.5 Å². The highest BCUT2D eigenvalue weighted by Gasteiger charge is 2.32. The van der Waals surface area contributed by atoms with Crippen molar-refractivity contribution in [2.75, 3.05) is 13.2 Å². The van der Waals surface area contributed by atoms with Gasteiger partial charge in [-0.05, 0) is 73.2 Å². The van der Waals surface area contributed by atoms with Crippen molar-refractivity contribution in [3.05, 3.63) is 59.7 Å². The first-order valence-corrected chi connectivity index (χ1v) is 11.7. The van der Waals surface area contributed by atoms with E-state index in [2.05, 4.69) is 6.92 Å². The van der Waals surface area contributed by atoms with E-state index in [-0.39, 0.29) is 19.1 Å². The molecule has 3 rings (SSSR count). The highest BCUT2D eigenvalue weighted by atomic mass is 19.4. The Morgan fingerprint density at radius 3 is 1.47 bits per heavy atom. The van der Waals surface area contributed by atoms with Gasteiger partial charge in [0.05, 0.1) is 24.3 Å². The molecule has 188 valence electrons. The van der Waals surface area contributed by atoms with Crippen LogP contribution in [0.15, 0.2) is 48.5 Å². The molecule has 0 saturated heterocycles. The van der Waals surface area contributed by atoms with Crippen LogP contribution < -0.4 is 9.47 Å². The second-order valence-electron chi connectivity index (χ2n) is 9.00. The normalized spacial score (nSPS) is 19.3. The van der Waals surface area contributed by atoms with Crippen LogP contribution in [0.3, 0.4) is 0 Å². The predicted octanol–water partition coefficient (Wildman–Crippen LogP) is 8.40. The Hall–Kier alpha value is -2.38. The van der Waals surface area contributed by atoms with Gasteiger partial charge >= 0.3 is 12.4 Å². The fraction of sp³-hybridized carbons (Fsp3) is 0.538. The van der Waals surface area contributed by atoms with Gasteiger partial charge in [-0.2, -0.15) is 26.3 Å². The molecule has 2 nitrogen and oxygen atoms in total. The van der Waals surface area contributed by atoms with Crippen LogP contribution in [0.1, 0.15) is 56.6 Å². The highest BCUT2D eigenvalue weighted by Crippen LogP contribution is 2.37. The summed E-state index contributed by atoms with van der Waals surface area (Å²) in [6, 6.07) is 9.14. The van der Waals surface area contributed by atoms with E-state index < -0.39 is 23.5 Å². The topological polar surface area (TPSA) is 18.5 Å². The van der Waals surface area contributed by atoms with Crippen molar-refractivity contribution in [1.29, 1.82) is 0 Å². The van der Waals surface area contributed by atoms with Crippen LogP contribution in [0.25, 0.3) is 0 Å². The van der Waals surface area contributed by atoms with Crippen LogP contribution in [0.5, 0.6) is 11.5 Å². The molecule has 0 amide bonds. The summed E-state index contributed by atoms with van der Waals surface area (Å²) in [4.78, 5) is 0. The minimum atomic E-state index is -4.41. The third-order valence-electron chi connectivity index (χ3n) is 6.55. The SMILES string of the molecule is CCCC1CCC(C(COc2ccc(C(F)(F)F)cc2)COc2ccc(C(F)(F)F)cc2)CC1. The number of hydrogen-bond acceptors (Lipinski definition) is 2. The number of ether oxygens (including phenoxy) is 2. The molecule has 0 unspecified atom stereocenters. The summed E-state index contributed by atoms with van der Waals surface area (Å²) in [5.74, 6) is 1.66. The third kappa shape index (κ3) is 7.57. The molecule has 0 radical (unpaired) electrons. The fourth-order valence-corrected chi connectivity index (χ4v) is 4.56. The summed E-state index contributed by atoms with van der Waals surface area (Å²) in [7, 11) is 0. The summed E-state index contributed by atoms with van der Waals surface area (Å²) < 4.78 is 88.4. The lowest BCUT2D eigenvalue weighted by Crippen LogP contribution is -2.31. The van der Waals surface area contributed by atoms with Gasteiger partial charge in [0.15, 0.2) is 0 Å². The maximum Gasteiger partial charge on any atom is 0.416 e. The number of halogens is 6. The molecule has 2 aromatic rings. The van der Waals surface area contributed by atoms with Crippen LogP contribution >= 0.6 is 0 Å². The highest BCUT2D eigenvalue weighted by molar-refractivity contribution is 5.29. The summed E-state index contributed by atoms with van der Waals surface area (Å²) in [5, 5.41) is 0. The molecule has 0 bridgehead atoms.